The number of rotatable bonds is 9. The highest BCUT2D eigenvalue weighted by molar-refractivity contribution is 9.10. The van der Waals surface area contributed by atoms with E-state index in [9.17, 15) is 20.2 Å². The van der Waals surface area contributed by atoms with Gasteiger partial charge in [0.2, 0.25) is 0 Å². The van der Waals surface area contributed by atoms with Crippen LogP contribution < -0.4 is 14.8 Å². The van der Waals surface area contributed by atoms with Crippen molar-refractivity contribution in [1.82, 2.24) is 0 Å². The number of nitro benzene ring substituents is 1. The SMILES string of the molecule is CCOc1cc(/C=C(\C#N)C(=O)Nc2cccc(C)c2)cc(Br)c1OCc1cccc([N+](=O)[O-])c1. The van der Waals surface area contributed by atoms with Crippen molar-refractivity contribution in [2.45, 2.75) is 20.5 Å². The lowest BCUT2D eigenvalue weighted by Crippen LogP contribution is -2.13. The van der Waals surface area contributed by atoms with Crippen LogP contribution in [0, 0.1) is 28.4 Å². The fourth-order valence-corrected chi connectivity index (χ4v) is 3.80. The third kappa shape index (κ3) is 6.91. The number of non-ortho nitro benzene ring substituents is 1. The van der Waals surface area contributed by atoms with Gasteiger partial charge in [0.05, 0.1) is 16.0 Å². The van der Waals surface area contributed by atoms with Crippen molar-refractivity contribution < 1.29 is 19.2 Å². The van der Waals surface area contributed by atoms with Gasteiger partial charge in [0, 0.05) is 17.8 Å². The molecule has 0 radical (unpaired) electrons. The number of nitriles is 1. The molecule has 178 valence electrons. The molecular formula is C26H22BrN3O5. The van der Waals surface area contributed by atoms with E-state index in [0.29, 0.717) is 39.4 Å². The largest absolute Gasteiger partial charge is 0.490 e. The molecule has 0 bridgehead atoms. The Labute approximate surface area is 211 Å². The van der Waals surface area contributed by atoms with E-state index >= 15 is 0 Å². The van der Waals surface area contributed by atoms with Gasteiger partial charge >= 0.3 is 0 Å². The summed E-state index contributed by atoms with van der Waals surface area (Å²) in [4.78, 5) is 23.2. The molecule has 0 saturated heterocycles. The number of hydrogen-bond donors (Lipinski definition) is 1. The van der Waals surface area contributed by atoms with Crippen molar-refractivity contribution in [1.29, 1.82) is 5.26 Å². The molecule has 0 unspecified atom stereocenters. The van der Waals surface area contributed by atoms with Crippen LogP contribution in [0.15, 0.2) is 70.7 Å². The van der Waals surface area contributed by atoms with E-state index < -0.39 is 10.8 Å². The Morgan fingerprint density at radius 1 is 1.17 bits per heavy atom. The lowest BCUT2D eigenvalue weighted by Gasteiger charge is -2.15. The second-order valence-electron chi connectivity index (χ2n) is 7.47. The standard InChI is InChI=1S/C26H22BrN3O5/c1-3-34-24-14-19(11-20(15-28)26(31)29-21-8-4-6-17(2)10-21)13-23(27)25(24)35-16-18-7-5-9-22(12-18)30(32)33/h4-14H,3,16H2,1-2H3,(H,29,31)/b20-11+. The van der Waals surface area contributed by atoms with Gasteiger partial charge in [0.25, 0.3) is 11.6 Å². The second kappa shape index (κ2) is 11.8. The first-order valence-corrected chi connectivity index (χ1v) is 11.4. The highest BCUT2D eigenvalue weighted by atomic mass is 79.9. The number of benzene rings is 3. The molecule has 0 saturated carbocycles. The monoisotopic (exact) mass is 535 g/mol. The Balaban J connectivity index is 1.85. The van der Waals surface area contributed by atoms with Crippen molar-refractivity contribution in [3.8, 4) is 17.6 Å². The van der Waals surface area contributed by atoms with Crippen molar-refractivity contribution in [2.75, 3.05) is 11.9 Å². The van der Waals surface area contributed by atoms with Crippen LogP contribution in [0.2, 0.25) is 0 Å². The molecule has 0 aromatic heterocycles. The molecule has 8 nitrogen and oxygen atoms in total. The van der Waals surface area contributed by atoms with Crippen LogP contribution in [0.1, 0.15) is 23.6 Å². The molecule has 0 aliphatic heterocycles. The van der Waals surface area contributed by atoms with Crippen molar-refractivity contribution in [3.05, 3.63) is 97.5 Å². The minimum atomic E-state index is -0.529. The number of nitrogens with one attached hydrogen (secondary N) is 1. The first-order chi connectivity index (χ1) is 16.8. The summed E-state index contributed by atoms with van der Waals surface area (Å²) < 4.78 is 12.2. The van der Waals surface area contributed by atoms with Gasteiger partial charge in [-0.1, -0.05) is 24.3 Å². The summed E-state index contributed by atoms with van der Waals surface area (Å²) in [6, 6.07) is 18.8. The Morgan fingerprint density at radius 2 is 1.94 bits per heavy atom. The van der Waals surface area contributed by atoms with Gasteiger partial charge in [-0.05, 0) is 76.8 Å². The number of hydrogen-bond acceptors (Lipinski definition) is 6. The minimum Gasteiger partial charge on any atom is -0.490 e. The molecule has 0 spiro atoms. The van der Waals surface area contributed by atoms with Gasteiger partial charge in [-0.3, -0.25) is 14.9 Å². The van der Waals surface area contributed by atoms with Crippen molar-refractivity contribution in [3.63, 3.8) is 0 Å². The molecule has 3 rings (SSSR count). The molecule has 9 heteroatoms. The van der Waals surface area contributed by atoms with Gasteiger partial charge in [-0.25, -0.2) is 0 Å². The zero-order chi connectivity index (χ0) is 25.4. The van der Waals surface area contributed by atoms with Crippen LogP contribution in [-0.4, -0.2) is 17.4 Å². The molecule has 3 aromatic carbocycles. The second-order valence-corrected chi connectivity index (χ2v) is 8.33. The zero-order valence-corrected chi connectivity index (χ0v) is 20.7. The summed E-state index contributed by atoms with van der Waals surface area (Å²) in [7, 11) is 0. The van der Waals surface area contributed by atoms with E-state index in [1.54, 1.807) is 30.3 Å². The number of anilines is 1. The average molecular weight is 536 g/mol. The summed E-state index contributed by atoms with van der Waals surface area (Å²) in [5.41, 5.74) is 2.65. The van der Waals surface area contributed by atoms with Crippen LogP contribution in [0.3, 0.4) is 0 Å². The van der Waals surface area contributed by atoms with Crippen molar-refractivity contribution >= 4 is 39.3 Å². The quantitative estimate of drug-likeness (QED) is 0.151. The van der Waals surface area contributed by atoms with E-state index in [1.165, 1.54) is 18.2 Å². The molecule has 1 N–H and O–H groups in total. The third-order valence-electron chi connectivity index (χ3n) is 4.79. The first kappa shape index (κ1) is 25.5. The number of nitro groups is 1. The predicted molar refractivity (Wildman–Crippen MR) is 136 cm³/mol. The van der Waals surface area contributed by atoms with E-state index in [2.05, 4.69) is 21.2 Å². The Hall–Kier alpha value is -4.16. The molecule has 0 atom stereocenters. The van der Waals surface area contributed by atoms with Crippen LogP contribution >= 0.6 is 15.9 Å². The van der Waals surface area contributed by atoms with Crippen LogP contribution in [0.5, 0.6) is 11.5 Å². The molecule has 0 heterocycles. The molecule has 0 aliphatic carbocycles. The Bertz CT molecular complexity index is 1330. The van der Waals surface area contributed by atoms with Gasteiger partial charge in [-0.2, -0.15) is 5.26 Å². The van der Waals surface area contributed by atoms with Gasteiger partial charge in [-0.15, -0.1) is 0 Å². The highest BCUT2D eigenvalue weighted by Gasteiger charge is 2.15. The molecule has 0 fully saturated rings. The topological polar surface area (TPSA) is 114 Å². The summed E-state index contributed by atoms with van der Waals surface area (Å²) in [5.74, 6) is 0.270. The molecule has 0 aliphatic rings. The number of aryl methyl sites for hydroxylation is 1. The maximum atomic E-state index is 12.6. The van der Waals surface area contributed by atoms with Crippen LogP contribution in [0.25, 0.3) is 6.08 Å². The summed E-state index contributed by atoms with van der Waals surface area (Å²) >= 11 is 3.46. The molecule has 35 heavy (non-hydrogen) atoms. The minimum absolute atomic E-state index is 0.0244. The number of carbonyl (C=O) groups is 1. The fourth-order valence-electron chi connectivity index (χ4n) is 3.23. The van der Waals surface area contributed by atoms with Gasteiger partial charge in [0.15, 0.2) is 11.5 Å². The molecule has 3 aromatic rings. The average Bonchev–Trinajstić information content (AvgIpc) is 2.82. The number of ether oxygens (including phenoxy) is 2. The summed E-state index contributed by atoms with van der Waals surface area (Å²) in [5, 5.41) is 23.3. The first-order valence-electron chi connectivity index (χ1n) is 10.6. The Kier molecular flexibility index (Phi) is 8.59. The van der Waals surface area contributed by atoms with E-state index in [4.69, 9.17) is 9.47 Å². The Morgan fingerprint density at radius 3 is 2.63 bits per heavy atom. The van der Waals surface area contributed by atoms with E-state index in [-0.39, 0.29) is 17.9 Å². The summed E-state index contributed by atoms with van der Waals surface area (Å²) in [6.45, 7) is 4.16. The highest BCUT2D eigenvalue weighted by Crippen LogP contribution is 2.38. The maximum Gasteiger partial charge on any atom is 0.269 e. The number of nitrogens with zero attached hydrogens (tertiary/aromatic N) is 2. The van der Waals surface area contributed by atoms with Gasteiger partial charge < -0.3 is 14.8 Å². The maximum absolute atomic E-state index is 12.6. The molecule has 1 amide bonds. The smallest absolute Gasteiger partial charge is 0.269 e. The van der Waals surface area contributed by atoms with Gasteiger partial charge in [0.1, 0.15) is 18.2 Å². The lowest BCUT2D eigenvalue weighted by molar-refractivity contribution is -0.384. The number of carbonyl (C=O) groups excluding carboxylic acids is 1. The van der Waals surface area contributed by atoms with Crippen LogP contribution in [0.4, 0.5) is 11.4 Å². The normalized spacial score (nSPS) is 10.9. The fraction of sp³-hybridized carbons (Fsp3) is 0.154. The summed E-state index contributed by atoms with van der Waals surface area (Å²) in [6.07, 6.45) is 1.46. The number of halogens is 1. The lowest BCUT2D eigenvalue weighted by atomic mass is 10.1. The predicted octanol–water partition coefficient (Wildman–Crippen LogP) is 6.19. The van der Waals surface area contributed by atoms with E-state index in [0.717, 1.165) is 5.56 Å². The van der Waals surface area contributed by atoms with Crippen LogP contribution in [-0.2, 0) is 11.4 Å². The van der Waals surface area contributed by atoms with Crippen molar-refractivity contribution in [2.24, 2.45) is 0 Å². The number of amides is 1. The third-order valence-corrected chi connectivity index (χ3v) is 5.38. The van der Waals surface area contributed by atoms with E-state index in [1.807, 2.05) is 38.1 Å². The zero-order valence-electron chi connectivity index (χ0n) is 19.1. The molecular weight excluding hydrogens is 514 g/mol.